The SMILES string of the molecule is O=C(CN(CCc1ccccc1)S(=O)(=O)c1ccc(Br)cc1)NCc1ccccc1. The second-order valence-corrected chi connectivity index (χ2v) is 9.64. The number of carbonyl (C=O) groups excluding carboxylic acids is 1. The zero-order valence-electron chi connectivity index (χ0n) is 16.4. The fourth-order valence-corrected chi connectivity index (χ4v) is 4.61. The molecule has 3 aromatic carbocycles. The average Bonchev–Trinajstić information content (AvgIpc) is 2.77. The molecule has 3 aromatic rings. The smallest absolute Gasteiger partial charge is 0.243 e. The van der Waals surface area contributed by atoms with Crippen LogP contribution in [0.5, 0.6) is 0 Å². The van der Waals surface area contributed by atoms with Crippen molar-refractivity contribution in [3.8, 4) is 0 Å². The van der Waals surface area contributed by atoms with Crippen LogP contribution >= 0.6 is 15.9 Å². The van der Waals surface area contributed by atoms with Gasteiger partial charge in [-0.25, -0.2) is 8.42 Å². The molecular formula is C23H23BrN2O3S. The van der Waals surface area contributed by atoms with Gasteiger partial charge in [-0.1, -0.05) is 76.6 Å². The van der Waals surface area contributed by atoms with Gasteiger partial charge in [0.15, 0.2) is 0 Å². The van der Waals surface area contributed by atoms with Gasteiger partial charge in [0.05, 0.1) is 11.4 Å². The molecule has 156 valence electrons. The monoisotopic (exact) mass is 486 g/mol. The molecule has 0 atom stereocenters. The first kappa shape index (κ1) is 22.2. The van der Waals surface area contributed by atoms with E-state index in [0.29, 0.717) is 13.0 Å². The summed E-state index contributed by atoms with van der Waals surface area (Å²) in [5.41, 5.74) is 1.97. The van der Waals surface area contributed by atoms with E-state index in [-0.39, 0.29) is 23.9 Å². The zero-order chi connectivity index (χ0) is 21.4. The Morgan fingerprint density at radius 1 is 0.833 bits per heavy atom. The van der Waals surface area contributed by atoms with Gasteiger partial charge < -0.3 is 5.32 Å². The topological polar surface area (TPSA) is 66.5 Å². The van der Waals surface area contributed by atoms with Gasteiger partial charge >= 0.3 is 0 Å². The highest BCUT2D eigenvalue weighted by molar-refractivity contribution is 9.10. The van der Waals surface area contributed by atoms with E-state index >= 15 is 0 Å². The van der Waals surface area contributed by atoms with Crippen LogP contribution in [0.4, 0.5) is 0 Å². The summed E-state index contributed by atoms with van der Waals surface area (Å²) in [7, 11) is -3.81. The number of nitrogens with zero attached hydrogens (tertiary/aromatic N) is 1. The van der Waals surface area contributed by atoms with Crippen molar-refractivity contribution in [3.05, 3.63) is 101 Å². The van der Waals surface area contributed by atoms with E-state index in [2.05, 4.69) is 21.2 Å². The lowest BCUT2D eigenvalue weighted by Crippen LogP contribution is -2.41. The minimum absolute atomic E-state index is 0.162. The summed E-state index contributed by atoms with van der Waals surface area (Å²) >= 11 is 3.32. The van der Waals surface area contributed by atoms with Gasteiger partial charge in [0.2, 0.25) is 15.9 Å². The molecule has 0 unspecified atom stereocenters. The van der Waals surface area contributed by atoms with E-state index in [0.717, 1.165) is 15.6 Å². The van der Waals surface area contributed by atoms with E-state index in [4.69, 9.17) is 0 Å². The van der Waals surface area contributed by atoms with E-state index in [1.807, 2.05) is 60.7 Å². The van der Waals surface area contributed by atoms with E-state index in [9.17, 15) is 13.2 Å². The Balaban J connectivity index is 1.74. The summed E-state index contributed by atoms with van der Waals surface area (Å²) < 4.78 is 28.4. The molecular weight excluding hydrogens is 464 g/mol. The van der Waals surface area contributed by atoms with Crippen molar-refractivity contribution in [2.45, 2.75) is 17.9 Å². The van der Waals surface area contributed by atoms with Crippen molar-refractivity contribution < 1.29 is 13.2 Å². The standard InChI is InChI=1S/C23H23BrN2O3S/c24-21-11-13-22(14-12-21)30(28,29)26(16-15-19-7-3-1-4-8-19)18-23(27)25-17-20-9-5-2-6-10-20/h1-14H,15-18H2,(H,25,27). The van der Waals surface area contributed by atoms with Crippen LogP contribution in [0, 0.1) is 0 Å². The molecule has 0 aliphatic heterocycles. The summed E-state index contributed by atoms with van der Waals surface area (Å²) in [6.45, 7) is 0.323. The number of halogens is 1. The number of hydrogen-bond donors (Lipinski definition) is 1. The molecule has 5 nitrogen and oxygen atoms in total. The van der Waals surface area contributed by atoms with E-state index in [1.165, 1.54) is 16.4 Å². The van der Waals surface area contributed by atoms with Gasteiger partial charge in [-0.05, 0) is 41.8 Å². The third kappa shape index (κ3) is 6.26. The summed E-state index contributed by atoms with van der Waals surface area (Å²) in [5.74, 6) is -0.340. The van der Waals surface area contributed by atoms with Gasteiger partial charge in [-0.3, -0.25) is 4.79 Å². The summed E-state index contributed by atoms with van der Waals surface area (Å²) in [5, 5.41) is 2.81. The Labute approximate surface area is 185 Å². The molecule has 0 bridgehead atoms. The maximum atomic E-state index is 13.2. The van der Waals surface area contributed by atoms with Gasteiger partial charge in [0.25, 0.3) is 0 Å². The fraction of sp³-hybridized carbons (Fsp3) is 0.174. The number of amides is 1. The van der Waals surface area contributed by atoms with Gasteiger partial charge in [-0.2, -0.15) is 4.31 Å². The fourth-order valence-electron chi connectivity index (χ4n) is 2.95. The molecule has 0 fully saturated rings. The predicted molar refractivity (Wildman–Crippen MR) is 121 cm³/mol. The van der Waals surface area contributed by atoms with Gasteiger partial charge in [0.1, 0.15) is 0 Å². The second kappa shape index (κ2) is 10.5. The number of carbonyl (C=O) groups is 1. The van der Waals surface area contributed by atoms with Crippen LogP contribution in [0.25, 0.3) is 0 Å². The Bertz CT molecular complexity index is 1060. The molecule has 30 heavy (non-hydrogen) atoms. The lowest BCUT2D eigenvalue weighted by molar-refractivity contribution is -0.121. The largest absolute Gasteiger partial charge is 0.351 e. The average molecular weight is 487 g/mol. The number of nitrogens with one attached hydrogen (secondary N) is 1. The molecule has 3 rings (SSSR count). The Morgan fingerprint density at radius 3 is 2.00 bits per heavy atom. The maximum Gasteiger partial charge on any atom is 0.243 e. The molecule has 0 radical (unpaired) electrons. The number of benzene rings is 3. The summed E-state index contributed by atoms with van der Waals surface area (Å²) in [6, 6.07) is 25.6. The summed E-state index contributed by atoms with van der Waals surface area (Å²) in [6.07, 6.45) is 0.516. The van der Waals surface area contributed by atoms with Crippen LogP contribution in [0.15, 0.2) is 94.3 Å². The van der Waals surface area contributed by atoms with Crippen LogP contribution in [0.3, 0.4) is 0 Å². The van der Waals surface area contributed by atoms with Crippen LogP contribution in [0.2, 0.25) is 0 Å². The molecule has 1 N–H and O–H groups in total. The molecule has 0 aliphatic rings. The highest BCUT2D eigenvalue weighted by Crippen LogP contribution is 2.19. The van der Waals surface area contributed by atoms with E-state index < -0.39 is 10.0 Å². The number of hydrogen-bond acceptors (Lipinski definition) is 3. The molecule has 0 saturated carbocycles. The van der Waals surface area contributed by atoms with E-state index in [1.54, 1.807) is 12.1 Å². The minimum atomic E-state index is -3.81. The van der Waals surface area contributed by atoms with Crippen LogP contribution in [-0.4, -0.2) is 31.7 Å². The number of sulfonamides is 1. The summed E-state index contributed by atoms with van der Waals surface area (Å²) in [4.78, 5) is 12.7. The first-order valence-electron chi connectivity index (χ1n) is 9.55. The lowest BCUT2D eigenvalue weighted by atomic mass is 10.1. The van der Waals surface area contributed by atoms with Crippen molar-refractivity contribution in [2.24, 2.45) is 0 Å². The van der Waals surface area contributed by atoms with Crippen molar-refractivity contribution in [3.63, 3.8) is 0 Å². The minimum Gasteiger partial charge on any atom is -0.351 e. The van der Waals surface area contributed by atoms with Crippen LogP contribution < -0.4 is 5.32 Å². The van der Waals surface area contributed by atoms with Gasteiger partial charge in [0, 0.05) is 17.6 Å². The van der Waals surface area contributed by atoms with Crippen molar-refractivity contribution in [1.29, 1.82) is 0 Å². The van der Waals surface area contributed by atoms with Gasteiger partial charge in [-0.15, -0.1) is 0 Å². The Hall–Kier alpha value is -2.48. The van der Waals surface area contributed by atoms with Crippen LogP contribution in [0.1, 0.15) is 11.1 Å². The molecule has 7 heteroatoms. The molecule has 0 spiro atoms. The third-order valence-corrected chi connectivity index (χ3v) is 6.98. The Morgan fingerprint density at radius 2 is 1.40 bits per heavy atom. The first-order valence-corrected chi connectivity index (χ1v) is 11.8. The predicted octanol–water partition coefficient (Wildman–Crippen LogP) is 4.00. The second-order valence-electron chi connectivity index (χ2n) is 6.79. The molecule has 0 heterocycles. The molecule has 1 amide bonds. The molecule has 0 saturated heterocycles. The Kier molecular flexibility index (Phi) is 7.79. The maximum absolute atomic E-state index is 13.2. The quantitative estimate of drug-likeness (QED) is 0.496. The third-order valence-electron chi connectivity index (χ3n) is 4.60. The first-order chi connectivity index (χ1) is 14.4. The highest BCUT2D eigenvalue weighted by atomic mass is 79.9. The molecule has 0 aromatic heterocycles. The van der Waals surface area contributed by atoms with Crippen molar-refractivity contribution in [1.82, 2.24) is 9.62 Å². The van der Waals surface area contributed by atoms with Crippen molar-refractivity contribution in [2.75, 3.05) is 13.1 Å². The molecule has 0 aliphatic carbocycles. The van der Waals surface area contributed by atoms with Crippen LogP contribution in [-0.2, 0) is 27.8 Å². The lowest BCUT2D eigenvalue weighted by Gasteiger charge is -2.22. The zero-order valence-corrected chi connectivity index (χ0v) is 18.8. The van der Waals surface area contributed by atoms with Crippen molar-refractivity contribution >= 4 is 31.9 Å². The highest BCUT2D eigenvalue weighted by Gasteiger charge is 2.26. The number of rotatable bonds is 9. The normalized spacial score (nSPS) is 11.4.